The van der Waals surface area contributed by atoms with Gasteiger partial charge in [-0.15, -0.1) is 0 Å². The number of allylic oxidation sites excluding steroid dienone is 1. The average Bonchev–Trinajstić information content (AvgIpc) is 2.69. The molecule has 0 bridgehead atoms. The second kappa shape index (κ2) is 11.5. The second-order valence-corrected chi connectivity index (χ2v) is 10.6. The van der Waals surface area contributed by atoms with E-state index in [-0.39, 0.29) is 38.7 Å². The first kappa shape index (κ1) is 28.7. The maximum absolute atomic E-state index is 13.7. The fourth-order valence-corrected chi connectivity index (χ4v) is 4.42. The fourth-order valence-electron chi connectivity index (χ4n) is 3.19. The fraction of sp³-hybridized carbons (Fsp3) is 0.333. The first-order valence-corrected chi connectivity index (χ1v) is 12.0. The second-order valence-electron chi connectivity index (χ2n) is 8.59. The van der Waals surface area contributed by atoms with Crippen LogP contribution in [0.4, 0.5) is 13.2 Å². The molecule has 0 saturated heterocycles. The molecule has 0 fully saturated rings. The normalized spacial score (nSPS) is 13.2. The van der Waals surface area contributed by atoms with Gasteiger partial charge in [0, 0.05) is 29.9 Å². The topological polar surface area (TPSA) is 46.2 Å². The Labute approximate surface area is 219 Å². The van der Waals surface area contributed by atoms with E-state index in [1.807, 2.05) is 13.8 Å². The standard InChI is InChI=1S/C24H22BrCl3F3NO2/c1-13(33)32-12-23(2,3)11-21(34)16-6-4-14(8-18(16)25)5-7-17(24(29,30)31)15-9-19(26)22(28)20(27)10-15/h4-10,17H,11-12H2,1-3H3,(H,32,33)/b7-5+. The summed E-state index contributed by atoms with van der Waals surface area (Å²) in [5, 5.41) is 2.55. The molecule has 2 aromatic rings. The number of rotatable bonds is 8. The highest BCUT2D eigenvalue weighted by molar-refractivity contribution is 9.10. The number of benzene rings is 2. The lowest BCUT2D eigenvalue weighted by atomic mass is 9.85. The number of hydrogen-bond donors (Lipinski definition) is 1. The van der Waals surface area contributed by atoms with Crippen molar-refractivity contribution in [2.75, 3.05) is 6.54 Å². The lowest BCUT2D eigenvalue weighted by Crippen LogP contribution is -2.34. The molecule has 0 spiro atoms. The van der Waals surface area contributed by atoms with E-state index in [4.69, 9.17) is 34.8 Å². The van der Waals surface area contributed by atoms with E-state index in [0.29, 0.717) is 22.1 Å². The van der Waals surface area contributed by atoms with Crippen molar-refractivity contribution in [3.8, 4) is 0 Å². The van der Waals surface area contributed by atoms with E-state index in [1.54, 1.807) is 18.2 Å². The summed E-state index contributed by atoms with van der Waals surface area (Å²) >= 11 is 21.0. The highest BCUT2D eigenvalue weighted by atomic mass is 79.9. The van der Waals surface area contributed by atoms with Crippen LogP contribution in [0.25, 0.3) is 6.08 Å². The first-order valence-electron chi connectivity index (χ1n) is 10.1. The summed E-state index contributed by atoms with van der Waals surface area (Å²) in [7, 11) is 0. The zero-order chi connectivity index (χ0) is 25.8. The predicted molar refractivity (Wildman–Crippen MR) is 135 cm³/mol. The molecule has 0 aliphatic carbocycles. The Balaban J connectivity index is 2.26. The number of ketones is 1. The molecule has 0 saturated carbocycles. The molecule has 3 nitrogen and oxygen atoms in total. The van der Waals surface area contributed by atoms with Gasteiger partial charge in [-0.05, 0) is 40.8 Å². The van der Waals surface area contributed by atoms with Gasteiger partial charge in [0.15, 0.2) is 5.78 Å². The summed E-state index contributed by atoms with van der Waals surface area (Å²) in [6.07, 6.45) is -2.11. The van der Waals surface area contributed by atoms with Crippen molar-refractivity contribution < 1.29 is 22.8 Å². The van der Waals surface area contributed by atoms with Gasteiger partial charge in [-0.2, -0.15) is 13.2 Å². The zero-order valence-corrected chi connectivity index (χ0v) is 22.3. The predicted octanol–water partition coefficient (Wildman–Crippen LogP) is 8.50. The van der Waals surface area contributed by atoms with E-state index in [9.17, 15) is 22.8 Å². The van der Waals surface area contributed by atoms with Crippen molar-refractivity contribution in [2.45, 2.75) is 39.3 Å². The maximum atomic E-state index is 13.7. The van der Waals surface area contributed by atoms with Crippen LogP contribution in [0.2, 0.25) is 15.1 Å². The van der Waals surface area contributed by atoms with Crippen molar-refractivity contribution in [3.63, 3.8) is 0 Å². The molecule has 0 aliphatic rings. The van der Waals surface area contributed by atoms with Gasteiger partial charge in [0.2, 0.25) is 5.91 Å². The molecule has 0 radical (unpaired) electrons. The van der Waals surface area contributed by atoms with Gasteiger partial charge < -0.3 is 5.32 Å². The van der Waals surface area contributed by atoms with E-state index < -0.39 is 17.5 Å². The minimum atomic E-state index is -4.59. The van der Waals surface area contributed by atoms with Gasteiger partial charge in [-0.3, -0.25) is 9.59 Å². The average molecular weight is 600 g/mol. The van der Waals surface area contributed by atoms with E-state index in [2.05, 4.69) is 21.2 Å². The highest BCUT2D eigenvalue weighted by Gasteiger charge is 2.39. The zero-order valence-electron chi connectivity index (χ0n) is 18.5. The Morgan fingerprint density at radius 2 is 1.68 bits per heavy atom. The minimum absolute atomic E-state index is 0.0126. The molecule has 34 heavy (non-hydrogen) atoms. The van der Waals surface area contributed by atoms with Crippen LogP contribution in [0, 0.1) is 5.41 Å². The van der Waals surface area contributed by atoms with Gasteiger partial charge in [0.1, 0.15) is 0 Å². The molecule has 2 rings (SSSR count). The number of halogens is 7. The Hall–Kier alpha value is -1.54. The Morgan fingerprint density at radius 3 is 2.18 bits per heavy atom. The molecule has 10 heteroatoms. The quantitative estimate of drug-likeness (QED) is 0.244. The summed E-state index contributed by atoms with van der Waals surface area (Å²) < 4.78 is 41.7. The van der Waals surface area contributed by atoms with Crippen molar-refractivity contribution in [1.29, 1.82) is 0 Å². The summed E-state index contributed by atoms with van der Waals surface area (Å²) in [6, 6.07) is 6.96. The van der Waals surface area contributed by atoms with Crippen LogP contribution in [0.1, 0.15) is 54.6 Å². The highest BCUT2D eigenvalue weighted by Crippen LogP contribution is 2.41. The number of hydrogen-bond acceptors (Lipinski definition) is 2. The van der Waals surface area contributed by atoms with Gasteiger partial charge in [0.25, 0.3) is 0 Å². The monoisotopic (exact) mass is 597 g/mol. The molecule has 1 atom stereocenters. The molecular weight excluding hydrogens is 578 g/mol. The van der Waals surface area contributed by atoms with E-state index >= 15 is 0 Å². The number of carbonyl (C=O) groups is 2. The molecule has 184 valence electrons. The molecule has 2 aromatic carbocycles. The number of alkyl halides is 3. The van der Waals surface area contributed by atoms with Crippen LogP contribution in [-0.4, -0.2) is 24.4 Å². The molecule has 0 aromatic heterocycles. The third kappa shape index (κ3) is 8.01. The van der Waals surface area contributed by atoms with Crippen LogP contribution in [-0.2, 0) is 4.79 Å². The summed E-state index contributed by atoms with van der Waals surface area (Å²) in [4.78, 5) is 23.9. The number of amides is 1. The van der Waals surface area contributed by atoms with Crippen LogP contribution in [0.15, 0.2) is 40.9 Å². The summed E-state index contributed by atoms with van der Waals surface area (Å²) in [5.41, 5.74) is 0.246. The molecule has 1 N–H and O–H groups in total. The molecule has 0 heterocycles. The molecular formula is C24H22BrCl3F3NO2. The lowest BCUT2D eigenvalue weighted by molar-refractivity contribution is -0.139. The minimum Gasteiger partial charge on any atom is -0.356 e. The lowest BCUT2D eigenvalue weighted by Gasteiger charge is -2.24. The van der Waals surface area contributed by atoms with Crippen molar-refractivity contribution >= 4 is 68.5 Å². The SMILES string of the molecule is CC(=O)NCC(C)(C)CC(=O)c1ccc(/C=C/C(c2cc(Cl)c(Cl)c(Cl)c2)C(F)(F)F)cc1Br. The largest absolute Gasteiger partial charge is 0.399 e. The summed E-state index contributed by atoms with van der Waals surface area (Å²) in [6.45, 7) is 5.46. The Bertz CT molecular complexity index is 1090. The molecule has 0 aliphatic heterocycles. The first-order chi connectivity index (χ1) is 15.6. The number of nitrogens with one attached hydrogen (secondary N) is 1. The third-order valence-electron chi connectivity index (χ3n) is 4.95. The van der Waals surface area contributed by atoms with E-state index in [1.165, 1.54) is 13.0 Å². The Morgan fingerprint density at radius 1 is 1.09 bits per heavy atom. The van der Waals surface area contributed by atoms with E-state index in [0.717, 1.165) is 18.2 Å². The van der Waals surface area contributed by atoms with Crippen LogP contribution >= 0.6 is 50.7 Å². The van der Waals surface area contributed by atoms with Crippen LogP contribution in [0.5, 0.6) is 0 Å². The Kier molecular flexibility index (Phi) is 9.68. The third-order valence-corrected chi connectivity index (χ3v) is 6.80. The van der Waals surface area contributed by atoms with Crippen molar-refractivity contribution in [3.05, 3.63) is 72.6 Å². The molecule has 1 unspecified atom stereocenters. The number of carbonyl (C=O) groups excluding carboxylic acids is 2. The smallest absolute Gasteiger partial charge is 0.356 e. The van der Waals surface area contributed by atoms with Crippen LogP contribution < -0.4 is 5.32 Å². The maximum Gasteiger partial charge on any atom is 0.399 e. The van der Waals surface area contributed by atoms with Crippen LogP contribution in [0.3, 0.4) is 0 Å². The van der Waals surface area contributed by atoms with Crippen molar-refractivity contribution in [2.24, 2.45) is 5.41 Å². The summed E-state index contributed by atoms with van der Waals surface area (Å²) in [5.74, 6) is -2.30. The van der Waals surface area contributed by atoms with Crippen molar-refractivity contribution in [1.82, 2.24) is 5.32 Å². The van der Waals surface area contributed by atoms with Gasteiger partial charge in [-0.1, -0.05) is 82.8 Å². The van der Waals surface area contributed by atoms with Gasteiger partial charge in [-0.25, -0.2) is 0 Å². The van der Waals surface area contributed by atoms with Gasteiger partial charge >= 0.3 is 6.18 Å². The molecule has 1 amide bonds. The number of Topliss-reactive ketones (excluding diaryl/α,β-unsaturated/α-hetero) is 1. The van der Waals surface area contributed by atoms with Gasteiger partial charge in [0.05, 0.1) is 21.0 Å².